The first-order valence-electron chi connectivity index (χ1n) is 6.47. The number of allylic oxidation sites excluding steroid dienone is 2. The van der Waals surface area contributed by atoms with Crippen molar-refractivity contribution in [3.05, 3.63) is 59.2 Å². The third-order valence-electron chi connectivity index (χ3n) is 3.24. The van der Waals surface area contributed by atoms with E-state index in [1.54, 1.807) is 32.1 Å². The van der Waals surface area contributed by atoms with Gasteiger partial charge in [-0.15, -0.1) is 0 Å². The van der Waals surface area contributed by atoms with Crippen LogP contribution in [0.15, 0.2) is 42.5 Å². The fourth-order valence-electron chi connectivity index (χ4n) is 2.25. The fourth-order valence-corrected chi connectivity index (χ4v) is 2.25. The zero-order chi connectivity index (χ0) is 15.6. The Morgan fingerprint density at radius 3 is 2.14 bits per heavy atom. The van der Waals surface area contributed by atoms with E-state index in [0.29, 0.717) is 16.7 Å². The predicted molar refractivity (Wildman–Crippen MR) is 80.6 cm³/mol. The molecule has 0 saturated heterocycles. The van der Waals surface area contributed by atoms with E-state index >= 15 is 0 Å². The van der Waals surface area contributed by atoms with Gasteiger partial charge >= 0.3 is 0 Å². The van der Waals surface area contributed by atoms with Crippen molar-refractivity contribution in [1.82, 2.24) is 0 Å². The zero-order valence-electron chi connectivity index (χ0n) is 11.8. The quantitative estimate of drug-likeness (QED) is 0.596. The SMILES string of the molecule is C/C=C(\C(=O)c1c(C)cc(O)cc1O)c1ccc(O)cc1. The summed E-state index contributed by atoms with van der Waals surface area (Å²) in [5, 5.41) is 28.7. The Morgan fingerprint density at radius 2 is 1.62 bits per heavy atom. The highest BCUT2D eigenvalue weighted by Crippen LogP contribution is 2.31. The monoisotopic (exact) mass is 284 g/mol. The van der Waals surface area contributed by atoms with Crippen molar-refractivity contribution in [2.45, 2.75) is 13.8 Å². The van der Waals surface area contributed by atoms with Gasteiger partial charge in [0, 0.05) is 11.6 Å². The zero-order valence-corrected chi connectivity index (χ0v) is 11.8. The molecule has 21 heavy (non-hydrogen) atoms. The lowest BCUT2D eigenvalue weighted by molar-refractivity contribution is 0.105. The average Bonchev–Trinajstić information content (AvgIpc) is 2.40. The van der Waals surface area contributed by atoms with Gasteiger partial charge in [-0.2, -0.15) is 0 Å². The standard InChI is InChI=1S/C17H16O4/c1-3-14(11-4-6-12(18)7-5-11)17(21)16-10(2)8-13(19)9-15(16)20/h3-9,18-20H,1-2H3/b14-3-. The number of phenolic OH excluding ortho intramolecular Hbond substituents is 3. The van der Waals surface area contributed by atoms with E-state index in [4.69, 9.17) is 0 Å². The van der Waals surface area contributed by atoms with E-state index < -0.39 is 0 Å². The Morgan fingerprint density at radius 1 is 1.00 bits per heavy atom. The van der Waals surface area contributed by atoms with Crippen LogP contribution < -0.4 is 0 Å². The average molecular weight is 284 g/mol. The third-order valence-corrected chi connectivity index (χ3v) is 3.24. The summed E-state index contributed by atoms with van der Waals surface area (Å²) < 4.78 is 0. The summed E-state index contributed by atoms with van der Waals surface area (Å²) in [5.41, 5.74) is 1.72. The molecule has 0 bridgehead atoms. The number of carbonyl (C=O) groups excluding carboxylic acids is 1. The Balaban J connectivity index is 2.50. The second-order valence-electron chi connectivity index (χ2n) is 4.74. The molecule has 0 amide bonds. The molecule has 0 spiro atoms. The largest absolute Gasteiger partial charge is 0.508 e. The Kier molecular flexibility index (Phi) is 3.98. The van der Waals surface area contributed by atoms with E-state index in [0.717, 1.165) is 6.07 Å². The van der Waals surface area contributed by atoms with Gasteiger partial charge in [0.15, 0.2) is 5.78 Å². The number of phenols is 3. The van der Waals surface area contributed by atoms with Crippen LogP contribution in [0.1, 0.15) is 28.4 Å². The summed E-state index contributed by atoms with van der Waals surface area (Å²) in [4.78, 5) is 12.6. The minimum atomic E-state index is -0.335. The van der Waals surface area contributed by atoms with E-state index in [2.05, 4.69) is 0 Å². The van der Waals surface area contributed by atoms with Gasteiger partial charge in [0.1, 0.15) is 17.2 Å². The molecule has 4 nitrogen and oxygen atoms in total. The lowest BCUT2D eigenvalue weighted by atomic mass is 9.93. The number of aromatic hydroxyl groups is 3. The molecule has 0 aliphatic carbocycles. The van der Waals surface area contributed by atoms with E-state index in [9.17, 15) is 20.1 Å². The highest BCUT2D eigenvalue weighted by atomic mass is 16.3. The van der Waals surface area contributed by atoms with Gasteiger partial charge in [0.05, 0.1) is 5.56 Å². The highest BCUT2D eigenvalue weighted by Gasteiger charge is 2.20. The van der Waals surface area contributed by atoms with Gasteiger partial charge in [-0.3, -0.25) is 4.79 Å². The molecule has 4 heteroatoms. The number of Topliss-reactive ketones (excluding diaryl/α,β-unsaturated/α-hetero) is 1. The van der Waals surface area contributed by atoms with Crippen molar-refractivity contribution in [3.8, 4) is 17.2 Å². The predicted octanol–water partition coefficient (Wildman–Crippen LogP) is 3.40. The molecule has 3 N–H and O–H groups in total. The number of carbonyl (C=O) groups is 1. The van der Waals surface area contributed by atoms with Gasteiger partial charge in [-0.1, -0.05) is 18.2 Å². The molecule has 0 radical (unpaired) electrons. The lowest BCUT2D eigenvalue weighted by Crippen LogP contribution is -2.05. The van der Waals surface area contributed by atoms with Crippen LogP contribution in [0.25, 0.3) is 5.57 Å². The van der Waals surface area contributed by atoms with E-state index in [1.165, 1.54) is 18.2 Å². The number of ketones is 1. The minimum absolute atomic E-state index is 0.0896. The summed E-state index contributed by atoms with van der Waals surface area (Å²) in [6, 6.07) is 8.83. The Hall–Kier alpha value is -2.75. The number of rotatable bonds is 3. The molecule has 0 atom stereocenters. The van der Waals surface area contributed by atoms with E-state index in [1.807, 2.05) is 0 Å². The van der Waals surface area contributed by atoms with Crippen LogP contribution in [0, 0.1) is 6.92 Å². The summed E-state index contributed by atoms with van der Waals surface area (Å²) >= 11 is 0. The van der Waals surface area contributed by atoms with Gasteiger partial charge in [-0.25, -0.2) is 0 Å². The van der Waals surface area contributed by atoms with Gasteiger partial charge in [0.25, 0.3) is 0 Å². The molecule has 108 valence electrons. The Bertz CT molecular complexity index is 689. The van der Waals surface area contributed by atoms with Crippen LogP contribution >= 0.6 is 0 Å². The molecular weight excluding hydrogens is 268 g/mol. The maximum Gasteiger partial charge on any atom is 0.197 e. The topological polar surface area (TPSA) is 77.8 Å². The van der Waals surface area contributed by atoms with Crippen LogP contribution in [0.5, 0.6) is 17.2 Å². The van der Waals surface area contributed by atoms with Crippen LogP contribution in [0.3, 0.4) is 0 Å². The first kappa shape index (κ1) is 14.7. The molecule has 2 rings (SSSR count). The van der Waals surface area contributed by atoms with Gasteiger partial charge in [-0.05, 0) is 43.2 Å². The van der Waals surface area contributed by atoms with E-state index in [-0.39, 0.29) is 28.6 Å². The van der Waals surface area contributed by atoms with Crippen molar-refractivity contribution < 1.29 is 20.1 Å². The maximum absolute atomic E-state index is 12.6. The first-order valence-corrected chi connectivity index (χ1v) is 6.47. The number of benzene rings is 2. The molecule has 2 aromatic rings. The Labute approximate surface area is 122 Å². The smallest absolute Gasteiger partial charge is 0.197 e. The molecule has 0 unspecified atom stereocenters. The molecule has 0 aliphatic heterocycles. The normalized spacial score (nSPS) is 11.4. The molecule has 0 heterocycles. The fraction of sp³-hybridized carbons (Fsp3) is 0.118. The number of hydrogen-bond acceptors (Lipinski definition) is 4. The summed E-state index contributed by atoms with van der Waals surface area (Å²) in [6.07, 6.45) is 1.65. The molecular formula is C17H16O4. The van der Waals surface area contributed by atoms with Crippen molar-refractivity contribution in [2.24, 2.45) is 0 Å². The summed E-state index contributed by atoms with van der Waals surface area (Å²) in [7, 11) is 0. The summed E-state index contributed by atoms with van der Waals surface area (Å²) in [6.45, 7) is 3.38. The second-order valence-corrected chi connectivity index (χ2v) is 4.74. The van der Waals surface area contributed by atoms with Crippen molar-refractivity contribution in [2.75, 3.05) is 0 Å². The maximum atomic E-state index is 12.6. The van der Waals surface area contributed by atoms with Crippen molar-refractivity contribution in [1.29, 1.82) is 0 Å². The van der Waals surface area contributed by atoms with Crippen LogP contribution in [-0.2, 0) is 0 Å². The first-order chi connectivity index (χ1) is 9.93. The highest BCUT2D eigenvalue weighted by molar-refractivity contribution is 6.30. The van der Waals surface area contributed by atoms with Crippen LogP contribution in [-0.4, -0.2) is 21.1 Å². The summed E-state index contributed by atoms with van der Waals surface area (Å²) in [5.74, 6) is -0.563. The van der Waals surface area contributed by atoms with Crippen LogP contribution in [0.4, 0.5) is 0 Å². The van der Waals surface area contributed by atoms with Gasteiger partial charge in [0.2, 0.25) is 0 Å². The number of aryl methyl sites for hydroxylation is 1. The van der Waals surface area contributed by atoms with Crippen LogP contribution in [0.2, 0.25) is 0 Å². The third kappa shape index (κ3) is 2.89. The lowest BCUT2D eigenvalue weighted by Gasteiger charge is -2.11. The van der Waals surface area contributed by atoms with Crippen molar-refractivity contribution >= 4 is 11.4 Å². The number of hydrogen-bond donors (Lipinski definition) is 3. The second kappa shape index (κ2) is 5.71. The molecule has 2 aromatic carbocycles. The molecule has 0 fully saturated rings. The minimum Gasteiger partial charge on any atom is -0.508 e. The molecule has 0 aliphatic rings. The molecule has 0 aromatic heterocycles. The van der Waals surface area contributed by atoms with Gasteiger partial charge < -0.3 is 15.3 Å². The molecule has 0 saturated carbocycles. The van der Waals surface area contributed by atoms with Crippen molar-refractivity contribution in [3.63, 3.8) is 0 Å².